The van der Waals surface area contributed by atoms with Crippen molar-refractivity contribution in [2.45, 2.75) is 33.1 Å². The Hall–Kier alpha value is -0.680. The van der Waals surface area contributed by atoms with Crippen LogP contribution in [-0.2, 0) is 0 Å². The fraction of sp³-hybridized carbons (Fsp3) is 1.00. The van der Waals surface area contributed by atoms with Crippen molar-refractivity contribution < 1.29 is 0 Å². The molecule has 96 valence electrons. The number of nitrogens with zero attached hydrogens (tertiary/aromatic N) is 3. The molecule has 0 saturated heterocycles. The molecule has 0 aliphatic rings. The zero-order chi connectivity index (χ0) is 12.1. The molecule has 0 aliphatic heterocycles. The summed E-state index contributed by atoms with van der Waals surface area (Å²) >= 11 is 0. The summed E-state index contributed by atoms with van der Waals surface area (Å²) in [6.45, 7) is 10.5. The fourth-order valence-electron chi connectivity index (χ4n) is 1.56. The standard InChI is InChI=1S/C11H27N5/c1-3-5-6-10-16(4-2)11-9-13-7-8-14-15-12/h13H,3-11H2,1-2H3,(H2,12,14). The van der Waals surface area contributed by atoms with Crippen LogP contribution in [0.5, 0.6) is 0 Å². The van der Waals surface area contributed by atoms with Gasteiger partial charge in [-0.1, -0.05) is 31.9 Å². The van der Waals surface area contributed by atoms with Gasteiger partial charge >= 0.3 is 0 Å². The van der Waals surface area contributed by atoms with E-state index in [1.54, 1.807) is 0 Å². The second-order valence-electron chi connectivity index (χ2n) is 3.87. The van der Waals surface area contributed by atoms with Gasteiger partial charge in [0.2, 0.25) is 0 Å². The Morgan fingerprint density at radius 1 is 1.12 bits per heavy atom. The van der Waals surface area contributed by atoms with E-state index in [2.05, 4.69) is 34.4 Å². The van der Waals surface area contributed by atoms with Crippen molar-refractivity contribution in [2.75, 3.05) is 39.3 Å². The molecule has 16 heavy (non-hydrogen) atoms. The summed E-state index contributed by atoms with van der Waals surface area (Å²) in [5.41, 5.74) is 0. The van der Waals surface area contributed by atoms with Crippen molar-refractivity contribution in [3.05, 3.63) is 0 Å². The molecule has 5 heteroatoms. The van der Waals surface area contributed by atoms with E-state index in [1.807, 2.05) is 0 Å². The van der Waals surface area contributed by atoms with E-state index in [0.717, 1.165) is 26.2 Å². The van der Waals surface area contributed by atoms with Crippen LogP contribution in [0, 0.1) is 0 Å². The molecular weight excluding hydrogens is 202 g/mol. The number of nitrogens with one attached hydrogen (secondary N) is 1. The highest BCUT2D eigenvalue weighted by Crippen LogP contribution is 1.97. The Balaban J connectivity index is 3.33. The van der Waals surface area contributed by atoms with Crippen molar-refractivity contribution in [3.63, 3.8) is 0 Å². The maximum Gasteiger partial charge on any atom is 0.0744 e. The van der Waals surface area contributed by atoms with E-state index in [9.17, 15) is 0 Å². The maximum absolute atomic E-state index is 4.90. The first kappa shape index (κ1) is 15.3. The number of nitrogens with two attached hydrogens (primary N) is 1. The summed E-state index contributed by atoms with van der Waals surface area (Å²) in [7, 11) is 0. The van der Waals surface area contributed by atoms with Crippen LogP contribution < -0.4 is 11.2 Å². The molecule has 0 unspecified atom stereocenters. The molecule has 0 aromatic carbocycles. The Labute approximate surface area is 99.5 Å². The van der Waals surface area contributed by atoms with Crippen LogP contribution in [0.25, 0.3) is 0 Å². The van der Waals surface area contributed by atoms with Gasteiger partial charge in [-0.2, -0.15) is 5.11 Å². The van der Waals surface area contributed by atoms with Crippen molar-refractivity contribution in [1.29, 1.82) is 0 Å². The SMILES string of the molecule is CCCCCN(CC)CCNCCN=NN. The van der Waals surface area contributed by atoms with Crippen LogP contribution in [0.4, 0.5) is 0 Å². The number of rotatable bonds is 11. The number of likely N-dealkylation sites (N-methyl/N-ethyl adjacent to an activating group) is 1. The first-order valence-corrected chi connectivity index (χ1v) is 6.34. The second-order valence-corrected chi connectivity index (χ2v) is 3.87. The summed E-state index contributed by atoms with van der Waals surface area (Å²) in [6, 6.07) is 0. The molecule has 3 N–H and O–H groups in total. The zero-order valence-corrected chi connectivity index (χ0v) is 10.8. The summed E-state index contributed by atoms with van der Waals surface area (Å²) in [4.78, 5) is 2.48. The number of unbranched alkanes of at least 4 members (excludes halogenated alkanes) is 2. The molecule has 0 aromatic heterocycles. The third kappa shape index (κ3) is 9.86. The van der Waals surface area contributed by atoms with Gasteiger partial charge in [0, 0.05) is 19.6 Å². The molecule has 0 fully saturated rings. The Morgan fingerprint density at radius 3 is 2.56 bits per heavy atom. The molecule has 0 aromatic rings. The minimum absolute atomic E-state index is 0.665. The normalized spacial score (nSPS) is 11.7. The van der Waals surface area contributed by atoms with Gasteiger partial charge < -0.3 is 16.1 Å². The third-order valence-electron chi connectivity index (χ3n) is 2.60. The van der Waals surface area contributed by atoms with Crippen LogP contribution in [0.15, 0.2) is 10.3 Å². The lowest BCUT2D eigenvalue weighted by atomic mass is 10.2. The first-order chi connectivity index (χ1) is 7.85. The van der Waals surface area contributed by atoms with Crippen LogP contribution in [0.3, 0.4) is 0 Å². The van der Waals surface area contributed by atoms with Gasteiger partial charge in [0.1, 0.15) is 0 Å². The van der Waals surface area contributed by atoms with Gasteiger partial charge in [-0.15, -0.1) is 0 Å². The van der Waals surface area contributed by atoms with E-state index in [4.69, 9.17) is 5.84 Å². The molecule has 0 bridgehead atoms. The van der Waals surface area contributed by atoms with Gasteiger partial charge in [0.15, 0.2) is 0 Å². The molecule has 0 amide bonds. The first-order valence-electron chi connectivity index (χ1n) is 6.34. The Morgan fingerprint density at radius 2 is 1.94 bits per heavy atom. The van der Waals surface area contributed by atoms with Crippen LogP contribution in [-0.4, -0.2) is 44.2 Å². The minimum atomic E-state index is 0.665. The molecule has 0 heterocycles. The van der Waals surface area contributed by atoms with E-state index >= 15 is 0 Å². The predicted molar refractivity (Wildman–Crippen MR) is 68.4 cm³/mol. The number of hydrogen-bond donors (Lipinski definition) is 2. The van der Waals surface area contributed by atoms with Crippen LogP contribution >= 0.6 is 0 Å². The summed E-state index contributed by atoms with van der Waals surface area (Å²) in [5, 5.41) is 10.2. The van der Waals surface area contributed by atoms with E-state index in [-0.39, 0.29) is 0 Å². The largest absolute Gasteiger partial charge is 0.314 e. The molecule has 0 aliphatic carbocycles. The summed E-state index contributed by atoms with van der Waals surface area (Å²) < 4.78 is 0. The van der Waals surface area contributed by atoms with Crippen molar-refractivity contribution >= 4 is 0 Å². The zero-order valence-electron chi connectivity index (χ0n) is 10.8. The molecule has 0 rings (SSSR count). The van der Waals surface area contributed by atoms with Crippen molar-refractivity contribution in [2.24, 2.45) is 16.2 Å². The van der Waals surface area contributed by atoms with E-state index in [1.165, 1.54) is 25.8 Å². The smallest absolute Gasteiger partial charge is 0.0744 e. The monoisotopic (exact) mass is 229 g/mol. The fourth-order valence-corrected chi connectivity index (χ4v) is 1.56. The lowest BCUT2D eigenvalue weighted by molar-refractivity contribution is 0.281. The van der Waals surface area contributed by atoms with E-state index < -0.39 is 0 Å². The molecule has 0 saturated carbocycles. The van der Waals surface area contributed by atoms with Gasteiger partial charge in [-0.25, -0.2) is 0 Å². The summed E-state index contributed by atoms with van der Waals surface area (Å²) in [6.07, 6.45) is 3.94. The van der Waals surface area contributed by atoms with Crippen LogP contribution in [0.2, 0.25) is 0 Å². The van der Waals surface area contributed by atoms with Crippen molar-refractivity contribution in [1.82, 2.24) is 10.2 Å². The van der Waals surface area contributed by atoms with Gasteiger partial charge in [0.25, 0.3) is 0 Å². The van der Waals surface area contributed by atoms with Crippen LogP contribution in [0.1, 0.15) is 33.1 Å². The third-order valence-corrected chi connectivity index (χ3v) is 2.60. The van der Waals surface area contributed by atoms with Crippen molar-refractivity contribution in [3.8, 4) is 0 Å². The topological polar surface area (TPSA) is 66.0 Å². The maximum atomic E-state index is 4.90. The number of hydrogen-bond acceptors (Lipinski definition) is 4. The average Bonchev–Trinajstić information content (AvgIpc) is 2.31. The molecule has 5 nitrogen and oxygen atoms in total. The summed E-state index contributed by atoms with van der Waals surface area (Å²) in [5.74, 6) is 4.90. The average molecular weight is 229 g/mol. The lowest BCUT2D eigenvalue weighted by Gasteiger charge is -2.20. The highest BCUT2D eigenvalue weighted by molar-refractivity contribution is 4.58. The predicted octanol–water partition coefficient (Wildman–Crippen LogP) is 1.41. The second kappa shape index (κ2) is 12.4. The lowest BCUT2D eigenvalue weighted by Crippen LogP contribution is -2.33. The quantitative estimate of drug-likeness (QED) is 0.244. The molecule has 0 radical (unpaired) electrons. The van der Waals surface area contributed by atoms with Gasteiger partial charge in [-0.05, 0) is 19.5 Å². The highest BCUT2D eigenvalue weighted by atomic mass is 15.3. The van der Waals surface area contributed by atoms with Gasteiger partial charge in [-0.3, -0.25) is 0 Å². The Bertz CT molecular complexity index is 160. The molecule has 0 atom stereocenters. The Kier molecular flexibility index (Phi) is 11.9. The molecular formula is C11H27N5. The van der Waals surface area contributed by atoms with E-state index in [0.29, 0.717) is 6.54 Å². The van der Waals surface area contributed by atoms with Gasteiger partial charge in [0.05, 0.1) is 6.54 Å². The molecule has 0 spiro atoms. The highest BCUT2D eigenvalue weighted by Gasteiger charge is 2.00. The minimum Gasteiger partial charge on any atom is -0.314 e.